The molecule has 202 valence electrons. The van der Waals surface area contributed by atoms with Crippen molar-refractivity contribution in [2.24, 2.45) is 5.92 Å². The van der Waals surface area contributed by atoms with Gasteiger partial charge >= 0.3 is 6.18 Å². The molecule has 5 rings (SSSR count). The second-order valence-corrected chi connectivity index (χ2v) is 10.2. The van der Waals surface area contributed by atoms with Gasteiger partial charge in [0.2, 0.25) is 5.91 Å². The second kappa shape index (κ2) is 9.92. The van der Waals surface area contributed by atoms with E-state index in [9.17, 15) is 22.8 Å². The van der Waals surface area contributed by atoms with Gasteiger partial charge in [-0.2, -0.15) is 13.2 Å². The van der Waals surface area contributed by atoms with Crippen LogP contribution in [0.3, 0.4) is 0 Å². The summed E-state index contributed by atoms with van der Waals surface area (Å²) in [4.78, 5) is 39.1. The topological polar surface area (TPSA) is 100 Å². The highest BCUT2D eigenvalue weighted by Gasteiger charge is 2.35. The number of carbonyl (C=O) groups excluding carboxylic acids is 2. The van der Waals surface area contributed by atoms with Crippen LogP contribution in [0.25, 0.3) is 22.3 Å². The lowest BCUT2D eigenvalue weighted by Crippen LogP contribution is -2.39. The Morgan fingerprint density at radius 2 is 2.00 bits per heavy atom. The molecule has 2 aliphatic rings. The fourth-order valence-electron chi connectivity index (χ4n) is 5.06. The quantitative estimate of drug-likeness (QED) is 0.455. The molecule has 0 spiro atoms. The first kappa shape index (κ1) is 26.0. The van der Waals surface area contributed by atoms with Crippen molar-refractivity contribution in [3.8, 4) is 17.0 Å². The van der Waals surface area contributed by atoms with E-state index in [-0.39, 0.29) is 35.2 Å². The number of aromatic nitrogens is 3. The number of likely N-dealkylation sites (tertiary alicyclic amines) is 1. The van der Waals surface area contributed by atoms with E-state index < -0.39 is 11.7 Å². The Morgan fingerprint density at radius 1 is 1.24 bits per heavy atom. The summed E-state index contributed by atoms with van der Waals surface area (Å²) >= 11 is 0. The molecule has 1 saturated heterocycles. The smallest absolute Gasteiger partial charge is 0.416 e. The number of fused-ring (bicyclic) bond motifs is 1. The van der Waals surface area contributed by atoms with Crippen molar-refractivity contribution in [2.45, 2.75) is 64.7 Å². The van der Waals surface area contributed by atoms with Gasteiger partial charge in [-0.05, 0) is 57.2 Å². The first-order chi connectivity index (χ1) is 18.1. The SMILES string of the molecule is CCC(=O)N1C[C@@H](NC(=O)c2c(C)[nH]c3c(-c4cc(C(F)(F)F)ccc4OCC4CC4)ncnc23)C[C@H]1C. The zero-order valence-corrected chi connectivity index (χ0v) is 21.5. The van der Waals surface area contributed by atoms with Gasteiger partial charge in [0.15, 0.2) is 0 Å². The van der Waals surface area contributed by atoms with Crippen LogP contribution in [0.4, 0.5) is 13.2 Å². The zero-order chi connectivity index (χ0) is 27.2. The molecule has 0 bridgehead atoms. The molecule has 1 aromatic carbocycles. The molecule has 2 fully saturated rings. The maximum absolute atomic E-state index is 13.6. The number of aromatic amines is 1. The number of halogens is 3. The molecule has 0 unspecified atom stereocenters. The molecular formula is C27H30F3N5O3. The number of nitrogens with one attached hydrogen (secondary N) is 2. The summed E-state index contributed by atoms with van der Waals surface area (Å²) in [6, 6.07) is 3.14. The summed E-state index contributed by atoms with van der Waals surface area (Å²) in [5, 5.41) is 3.01. The van der Waals surface area contributed by atoms with E-state index in [0.717, 1.165) is 25.0 Å². The maximum atomic E-state index is 13.6. The largest absolute Gasteiger partial charge is 0.493 e. The Bertz CT molecular complexity index is 1380. The lowest BCUT2D eigenvalue weighted by Gasteiger charge is -2.20. The minimum atomic E-state index is -4.54. The molecule has 11 heteroatoms. The molecule has 2 amide bonds. The second-order valence-electron chi connectivity index (χ2n) is 10.2. The van der Waals surface area contributed by atoms with Gasteiger partial charge in [-0.25, -0.2) is 9.97 Å². The number of benzene rings is 1. The molecule has 1 saturated carbocycles. The van der Waals surface area contributed by atoms with E-state index in [2.05, 4.69) is 20.3 Å². The van der Waals surface area contributed by atoms with Gasteiger partial charge in [-0.1, -0.05) is 6.92 Å². The highest BCUT2D eigenvalue weighted by molar-refractivity contribution is 6.09. The standard InChI is InChI=1S/C27H30F3N5O3/c1-4-21(36)35-11-18(9-14(35)2)34-26(37)22-15(3)33-25-23(31-13-32-24(22)25)19-10-17(27(28,29)30)7-8-20(19)38-12-16-5-6-16/h7-8,10,13-14,16,18,33H,4-6,9,11-12H2,1-3H3,(H,34,37)/t14-,18+/m1/s1. The van der Waals surface area contributed by atoms with E-state index in [0.29, 0.717) is 60.0 Å². The Balaban J connectivity index is 1.49. The first-order valence-electron chi connectivity index (χ1n) is 12.8. The van der Waals surface area contributed by atoms with Gasteiger partial charge in [0, 0.05) is 36.3 Å². The van der Waals surface area contributed by atoms with Crippen LogP contribution in [0.1, 0.15) is 61.1 Å². The molecule has 2 N–H and O–H groups in total. The van der Waals surface area contributed by atoms with Crippen LogP contribution in [-0.4, -0.2) is 56.9 Å². The van der Waals surface area contributed by atoms with Gasteiger partial charge in [0.05, 0.1) is 23.3 Å². The van der Waals surface area contributed by atoms with Crippen LogP contribution >= 0.6 is 0 Å². The summed E-state index contributed by atoms with van der Waals surface area (Å²) in [7, 11) is 0. The average molecular weight is 530 g/mol. The summed E-state index contributed by atoms with van der Waals surface area (Å²) < 4.78 is 46.7. The van der Waals surface area contributed by atoms with Crippen molar-refractivity contribution in [2.75, 3.05) is 13.2 Å². The van der Waals surface area contributed by atoms with Gasteiger partial charge in [-0.3, -0.25) is 9.59 Å². The van der Waals surface area contributed by atoms with E-state index in [1.54, 1.807) is 18.7 Å². The van der Waals surface area contributed by atoms with E-state index in [4.69, 9.17) is 4.74 Å². The summed E-state index contributed by atoms with van der Waals surface area (Å²) in [5.41, 5.74) is 1.06. The van der Waals surface area contributed by atoms with Crippen molar-refractivity contribution in [1.82, 2.24) is 25.2 Å². The number of alkyl halides is 3. The maximum Gasteiger partial charge on any atom is 0.416 e. The average Bonchev–Trinajstić information content (AvgIpc) is 3.54. The normalized spacial score (nSPS) is 19.7. The summed E-state index contributed by atoms with van der Waals surface area (Å²) in [5.74, 6) is 0.371. The van der Waals surface area contributed by atoms with E-state index in [1.807, 2.05) is 6.92 Å². The lowest BCUT2D eigenvalue weighted by molar-refractivity contribution is -0.137. The highest BCUT2D eigenvalue weighted by atomic mass is 19.4. The molecule has 38 heavy (non-hydrogen) atoms. The predicted octanol–water partition coefficient (Wildman–Crippen LogP) is 4.87. The molecule has 0 radical (unpaired) electrons. The van der Waals surface area contributed by atoms with E-state index in [1.165, 1.54) is 12.4 Å². The fourth-order valence-corrected chi connectivity index (χ4v) is 5.06. The van der Waals surface area contributed by atoms with Crippen molar-refractivity contribution in [3.63, 3.8) is 0 Å². The lowest BCUT2D eigenvalue weighted by atomic mass is 10.0. The number of H-pyrrole nitrogens is 1. The number of aryl methyl sites for hydroxylation is 1. The number of rotatable bonds is 7. The third kappa shape index (κ3) is 5.06. The molecule has 2 aromatic heterocycles. The fraction of sp³-hybridized carbons (Fsp3) is 0.481. The number of hydrogen-bond donors (Lipinski definition) is 2. The van der Waals surface area contributed by atoms with Gasteiger partial charge in [0.25, 0.3) is 5.91 Å². The number of carbonyl (C=O) groups is 2. The minimum Gasteiger partial charge on any atom is -0.493 e. The van der Waals surface area contributed by atoms with Crippen LogP contribution in [-0.2, 0) is 11.0 Å². The highest BCUT2D eigenvalue weighted by Crippen LogP contribution is 2.40. The number of amides is 2. The van der Waals surface area contributed by atoms with Crippen molar-refractivity contribution in [3.05, 3.63) is 41.3 Å². The molecule has 1 aliphatic carbocycles. The van der Waals surface area contributed by atoms with Crippen LogP contribution in [0.5, 0.6) is 5.75 Å². The molecule has 8 nitrogen and oxygen atoms in total. The van der Waals surface area contributed by atoms with Crippen LogP contribution in [0, 0.1) is 12.8 Å². The minimum absolute atomic E-state index is 0.0145. The van der Waals surface area contributed by atoms with Crippen molar-refractivity contribution >= 4 is 22.8 Å². The monoisotopic (exact) mass is 529 g/mol. The Kier molecular flexibility index (Phi) is 6.79. The number of nitrogens with zero attached hydrogens (tertiary/aromatic N) is 3. The Labute approximate surface area is 218 Å². The molecule has 2 atom stereocenters. The van der Waals surface area contributed by atoms with Crippen LogP contribution < -0.4 is 10.1 Å². The predicted molar refractivity (Wildman–Crippen MR) is 135 cm³/mol. The van der Waals surface area contributed by atoms with Crippen molar-refractivity contribution in [1.29, 1.82) is 0 Å². The Morgan fingerprint density at radius 3 is 2.68 bits per heavy atom. The Hall–Kier alpha value is -3.63. The van der Waals surface area contributed by atoms with Crippen molar-refractivity contribution < 1.29 is 27.5 Å². The third-order valence-corrected chi connectivity index (χ3v) is 7.26. The van der Waals surface area contributed by atoms with Crippen LogP contribution in [0.15, 0.2) is 24.5 Å². The molecule has 3 aromatic rings. The zero-order valence-electron chi connectivity index (χ0n) is 21.5. The number of ether oxygens (including phenoxy) is 1. The first-order valence-corrected chi connectivity index (χ1v) is 12.8. The van der Waals surface area contributed by atoms with Gasteiger partial charge in [-0.15, -0.1) is 0 Å². The van der Waals surface area contributed by atoms with Gasteiger partial charge in [0.1, 0.15) is 23.3 Å². The van der Waals surface area contributed by atoms with Gasteiger partial charge < -0.3 is 19.9 Å². The third-order valence-electron chi connectivity index (χ3n) is 7.26. The summed E-state index contributed by atoms with van der Waals surface area (Å²) in [6.07, 6.45) is -0.207. The molecule has 1 aliphatic heterocycles. The molecular weight excluding hydrogens is 499 g/mol. The van der Waals surface area contributed by atoms with Crippen LogP contribution in [0.2, 0.25) is 0 Å². The summed E-state index contributed by atoms with van der Waals surface area (Å²) in [6.45, 7) is 6.31. The van der Waals surface area contributed by atoms with E-state index >= 15 is 0 Å². The molecule has 3 heterocycles. The number of hydrogen-bond acceptors (Lipinski definition) is 5.